The summed E-state index contributed by atoms with van der Waals surface area (Å²) >= 11 is 0. The van der Waals surface area contributed by atoms with Gasteiger partial charge in [-0.2, -0.15) is 0 Å². The van der Waals surface area contributed by atoms with Crippen molar-refractivity contribution >= 4 is 5.91 Å². The molecule has 0 aromatic carbocycles. The van der Waals surface area contributed by atoms with Crippen molar-refractivity contribution in [2.24, 2.45) is 23.7 Å². The quantitative estimate of drug-likeness (QED) is 0.720. The van der Waals surface area contributed by atoms with Gasteiger partial charge in [0, 0.05) is 19.5 Å². The summed E-state index contributed by atoms with van der Waals surface area (Å²) in [7, 11) is 0. The molecule has 2 saturated carbocycles. The number of amides is 1. The highest BCUT2D eigenvalue weighted by Crippen LogP contribution is 2.49. The van der Waals surface area contributed by atoms with E-state index in [0.717, 1.165) is 43.2 Å². The van der Waals surface area contributed by atoms with Crippen molar-refractivity contribution in [1.29, 1.82) is 0 Å². The standard InChI is InChI=1S/C15H25NO/c1-11-4-6-16(7-5-11)15(17)10-14-9-12-2-3-13(14)8-12/h11-14H,2-10H2,1H3. The lowest BCUT2D eigenvalue weighted by Crippen LogP contribution is -2.39. The van der Waals surface area contributed by atoms with Crippen molar-refractivity contribution in [3.8, 4) is 0 Å². The predicted molar refractivity (Wildman–Crippen MR) is 68.5 cm³/mol. The monoisotopic (exact) mass is 235 g/mol. The van der Waals surface area contributed by atoms with Gasteiger partial charge in [0.2, 0.25) is 5.91 Å². The number of hydrogen-bond donors (Lipinski definition) is 0. The van der Waals surface area contributed by atoms with E-state index in [1.807, 2.05) is 0 Å². The van der Waals surface area contributed by atoms with Crippen LogP contribution in [0.25, 0.3) is 0 Å². The number of piperidine rings is 1. The minimum absolute atomic E-state index is 0.453. The molecule has 3 aliphatic rings. The van der Waals surface area contributed by atoms with Gasteiger partial charge in [0.25, 0.3) is 0 Å². The summed E-state index contributed by atoms with van der Waals surface area (Å²) in [5.41, 5.74) is 0. The zero-order chi connectivity index (χ0) is 11.8. The maximum atomic E-state index is 12.3. The van der Waals surface area contributed by atoms with Crippen LogP contribution in [0.2, 0.25) is 0 Å². The Balaban J connectivity index is 1.50. The van der Waals surface area contributed by atoms with Gasteiger partial charge < -0.3 is 4.90 Å². The Labute approximate surface area is 105 Å². The molecular formula is C15H25NO. The summed E-state index contributed by atoms with van der Waals surface area (Å²) in [5.74, 6) is 3.88. The first-order chi connectivity index (χ1) is 8.22. The highest BCUT2D eigenvalue weighted by molar-refractivity contribution is 5.76. The predicted octanol–water partition coefficient (Wildman–Crippen LogP) is 3.07. The molecule has 1 saturated heterocycles. The van der Waals surface area contributed by atoms with Crippen LogP contribution >= 0.6 is 0 Å². The maximum Gasteiger partial charge on any atom is 0.222 e. The third-order valence-corrected chi connectivity index (χ3v) is 5.46. The zero-order valence-electron chi connectivity index (χ0n) is 11.0. The molecule has 3 unspecified atom stereocenters. The van der Waals surface area contributed by atoms with Crippen LogP contribution in [0.4, 0.5) is 0 Å². The molecule has 1 amide bonds. The van der Waals surface area contributed by atoms with Gasteiger partial charge in [0.05, 0.1) is 0 Å². The second-order valence-corrected chi connectivity index (χ2v) is 6.70. The zero-order valence-corrected chi connectivity index (χ0v) is 11.0. The van der Waals surface area contributed by atoms with Crippen LogP contribution in [0.5, 0.6) is 0 Å². The van der Waals surface area contributed by atoms with Gasteiger partial charge in [-0.3, -0.25) is 4.79 Å². The van der Waals surface area contributed by atoms with Crippen molar-refractivity contribution in [3.05, 3.63) is 0 Å². The lowest BCUT2D eigenvalue weighted by Gasteiger charge is -2.32. The van der Waals surface area contributed by atoms with Crippen LogP contribution in [-0.2, 0) is 4.79 Å². The Bertz CT molecular complexity index is 293. The van der Waals surface area contributed by atoms with E-state index in [1.54, 1.807) is 0 Å². The van der Waals surface area contributed by atoms with Gasteiger partial charge in [0.15, 0.2) is 0 Å². The van der Waals surface area contributed by atoms with Gasteiger partial charge in [-0.25, -0.2) is 0 Å². The summed E-state index contributed by atoms with van der Waals surface area (Å²) in [6.45, 7) is 4.33. The Morgan fingerprint density at radius 2 is 1.88 bits per heavy atom. The fraction of sp³-hybridized carbons (Fsp3) is 0.933. The number of carbonyl (C=O) groups is 1. The van der Waals surface area contributed by atoms with Crippen LogP contribution in [0.3, 0.4) is 0 Å². The van der Waals surface area contributed by atoms with E-state index in [9.17, 15) is 4.79 Å². The van der Waals surface area contributed by atoms with Crippen LogP contribution in [0.1, 0.15) is 51.9 Å². The van der Waals surface area contributed by atoms with E-state index >= 15 is 0 Å². The fourth-order valence-corrected chi connectivity index (χ4v) is 4.24. The molecule has 0 spiro atoms. The normalized spacial score (nSPS) is 37.7. The largest absolute Gasteiger partial charge is 0.343 e. The SMILES string of the molecule is CC1CCN(C(=O)CC2CC3CCC2C3)CC1. The molecular weight excluding hydrogens is 210 g/mol. The molecule has 3 fully saturated rings. The van der Waals surface area contributed by atoms with E-state index in [4.69, 9.17) is 0 Å². The topological polar surface area (TPSA) is 20.3 Å². The molecule has 0 aromatic rings. The minimum Gasteiger partial charge on any atom is -0.343 e. The van der Waals surface area contributed by atoms with Crippen LogP contribution in [0, 0.1) is 23.7 Å². The average Bonchev–Trinajstić information content (AvgIpc) is 2.91. The molecule has 2 aliphatic carbocycles. The summed E-state index contributed by atoms with van der Waals surface area (Å²) in [5, 5.41) is 0. The molecule has 1 heterocycles. The molecule has 0 N–H and O–H groups in total. The van der Waals surface area contributed by atoms with Crippen molar-refractivity contribution in [2.75, 3.05) is 13.1 Å². The van der Waals surface area contributed by atoms with E-state index < -0.39 is 0 Å². The second-order valence-electron chi connectivity index (χ2n) is 6.70. The first kappa shape index (κ1) is 11.6. The van der Waals surface area contributed by atoms with Crippen molar-refractivity contribution in [2.45, 2.75) is 51.9 Å². The van der Waals surface area contributed by atoms with Crippen LogP contribution in [0.15, 0.2) is 0 Å². The summed E-state index contributed by atoms with van der Waals surface area (Å²) in [4.78, 5) is 14.4. The van der Waals surface area contributed by atoms with Gasteiger partial charge >= 0.3 is 0 Å². The Morgan fingerprint density at radius 3 is 2.47 bits per heavy atom. The lowest BCUT2D eigenvalue weighted by atomic mass is 9.86. The van der Waals surface area contributed by atoms with E-state index in [0.29, 0.717) is 5.91 Å². The molecule has 3 rings (SSSR count). The lowest BCUT2D eigenvalue weighted by molar-refractivity contribution is -0.133. The third-order valence-electron chi connectivity index (χ3n) is 5.46. The Morgan fingerprint density at radius 1 is 1.12 bits per heavy atom. The summed E-state index contributed by atoms with van der Waals surface area (Å²) < 4.78 is 0. The van der Waals surface area contributed by atoms with E-state index in [2.05, 4.69) is 11.8 Å². The van der Waals surface area contributed by atoms with Crippen molar-refractivity contribution in [3.63, 3.8) is 0 Å². The van der Waals surface area contributed by atoms with E-state index in [-0.39, 0.29) is 0 Å². The molecule has 1 aliphatic heterocycles. The van der Waals surface area contributed by atoms with Crippen molar-refractivity contribution < 1.29 is 4.79 Å². The molecule has 0 radical (unpaired) electrons. The molecule has 96 valence electrons. The smallest absolute Gasteiger partial charge is 0.222 e. The number of nitrogens with zero attached hydrogens (tertiary/aromatic N) is 1. The number of carbonyl (C=O) groups excluding carboxylic acids is 1. The van der Waals surface area contributed by atoms with Crippen LogP contribution < -0.4 is 0 Å². The van der Waals surface area contributed by atoms with Gasteiger partial charge in [-0.1, -0.05) is 13.3 Å². The van der Waals surface area contributed by atoms with Crippen LogP contribution in [-0.4, -0.2) is 23.9 Å². The van der Waals surface area contributed by atoms with Gasteiger partial charge in [-0.05, 0) is 55.8 Å². The van der Waals surface area contributed by atoms with E-state index in [1.165, 1.54) is 38.5 Å². The average molecular weight is 235 g/mol. The Kier molecular flexibility index (Phi) is 3.14. The maximum absolute atomic E-state index is 12.3. The first-order valence-corrected chi connectivity index (χ1v) is 7.50. The van der Waals surface area contributed by atoms with Gasteiger partial charge in [0.1, 0.15) is 0 Å². The summed E-state index contributed by atoms with van der Waals surface area (Å²) in [6, 6.07) is 0. The number of rotatable bonds is 2. The molecule has 2 nitrogen and oxygen atoms in total. The number of likely N-dealkylation sites (tertiary alicyclic amines) is 1. The number of hydrogen-bond acceptors (Lipinski definition) is 1. The molecule has 0 aromatic heterocycles. The Hall–Kier alpha value is -0.530. The molecule has 2 bridgehead atoms. The second kappa shape index (κ2) is 4.62. The summed E-state index contributed by atoms with van der Waals surface area (Å²) in [6.07, 6.45) is 8.90. The first-order valence-electron chi connectivity index (χ1n) is 7.50. The fourth-order valence-electron chi connectivity index (χ4n) is 4.24. The number of fused-ring (bicyclic) bond motifs is 2. The highest BCUT2D eigenvalue weighted by atomic mass is 16.2. The molecule has 2 heteroatoms. The highest BCUT2D eigenvalue weighted by Gasteiger charge is 2.40. The molecule has 17 heavy (non-hydrogen) atoms. The third kappa shape index (κ3) is 2.36. The van der Waals surface area contributed by atoms with Crippen molar-refractivity contribution in [1.82, 2.24) is 4.90 Å². The van der Waals surface area contributed by atoms with Gasteiger partial charge in [-0.15, -0.1) is 0 Å². The minimum atomic E-state index is 0.453. The molecule has 3 atom stereocenters.